The van der Waals surface area contributed by atoms with Crippen LogP contribution < -0.4 is 10.5 Å². The summed E-state index contributed by atoms with van der Waals surface area (Å²) >= 11 is 3.52. The highest BCUT2D eigenvalue weighted by Gasteiger charge is 2.04. The Morgan fingerprint density at radius 3 is 2.33 bits per heavy atom. The van der Waals surface area contributed by atoms with E-state index in [2.05, 4.69) is 28.1 Å². The molecule has 18 heavy (non-hydrogen) atoms. The lowest BCUT2D eigenvalue weighted by atomic mass is 10.1. The molecule has 94 valence electrons. The zero-order valence-corrected chi connectivity index (χ0v) is 11.7. The molecular weight excluding hydrogens is 290 g/mol. The third-order valence-corrected chi connectivity index (χ3v) is 3.50. The van der Waals surface area contributed by atoms with Crippen molar-refractivity contribution in [3.8, 4) is 5.75 Å². The smallest absolute Gasteiger partial charge is 0.123 e. The van der Waals surface area contributed by atoms with Gasteiger partial charge in [-0.3, -0.25) is 0 Å². The molecule has 0 atom stereocenters. The van der Waals surface area contributed by atoms with Gasteiger partial charge in [-0.2, -0.15) is 0 Å². The molecule has 2 rings (SSSR count). The Bertz CT molecular complexity index is 513. The highest BCUT2D eigenvalue weighted by atomic mass is 79.9. The Kier molecular flexibility index (Phi) is 4.79. The number of nitrogens with two attached hydrogens (primary N) is 1. The topological polar surface area (TPSA) is 35.2 Å². The molecule has 0 spiro atoms. The van der Waals surface area contributed by atoms with Gasteiger partial charge in [-0.1, -0.05) is 52.3 Å². The van der Waals surface area contributed by atoms with E-state index >= 15 is 0 Å². The van der Waals surface area contributed by atoms with E-state index in [1.807, 2.05) is 36.4 Å². The van der Waals surface area contributed by atoms with Crippen LogP contribution in [0.1, 0.15) is 11.1 Å². The highest BCUT2D eigenvalue weighted by Crippen LogP contribution is 2.22. The van der Waals surface area contributed by atoms with Crippen molar-refractivity contribution < 1.29 is 4.74 Å². The molecule has 0 amide bonds. The normalized spacial score (nSPS) is 10.3. The van der Waals surface area contributed by atoms with Crippen molar-refractivity contribution in [3.63, 3.8) is 0 Å². The van der Waals surface area contributed by atoms with Crippen molar-refractivity contribution in [1.29, 1.82) is 0 Å². The largest absolute Gasteiger partial charge is 0.489 e. The molecule has 3 heteroatoms. The van der Waals surface area contributed by atoms with Crippen LogP contribution in [-0.4, -0.2) is 6.54 Å². The van der Waals surface area contributed by atoms with Gasteiger partial charge in [-0.05, 0) is 30.7 Å². The van der Waals surface area contributed by atoms with Gasteiger partial charge in [0.05, 0.1) is 0 Å². The van der Waals surface area contributed by atoms with Crippen LogP contribution in [0.3, 0.4) is 0 Å². The molecule has 2 nitrogen and oxygen atoms in total. The van der Waals surface area contributed by atoms with Gasteiger partial charge in [0, 0.05) is 10.0 Å². The van der Waals surface area contributed by atoms with E-state index in [4.69, 9.17) is 10.5 Å². The van der Waals surface area contributed by atoms with E-state index in [0.717, 1.165) is 27.8 Å². The second-order valence-corrected chi connectivity index (χ2v) is 4.88. The first-order valence-electron chi connectivity index (χ1n) is 5.95. The molecule has 0 saturated carbocycles. The summed E-state index contributed by atoms with van der Waals surface area (Å²) in [6, 6.07) is 16.1. The summed E-state index contributed by atoms with van der Waals surface area (Å²) < 4.78 is 6.94. The van der Waals surface area contributed by atoms with Crippen LogP contribution in [0.2, 0.25) is 0 Å². The minimum absolute atomic E-state index is 0.559. The molecule has 0 saturated heterocycles. The summed E-state index contributed by atoms with van der Waals surface area (Å²) in [6.07, 6.45) is 0.839. The van der Waals surface area contributed by atoms with E-state index in [0.29, 0.717) is 13.2 Å². The van der Waals surface area contributed by atoms with Gasteiger partial charge < -0.3 is 10.5 Å². The molecule has 2 aromatic carbocycles. The lowest BCUT2D eigenvalue weighted by Gasteiger charge is -2.11. The molecular formula is C15H16BrNO. The van der Waals surface area contributed by atoms with E-state index in [-0.39, 0.29) is 0 Å². The molecule has 0 unspecified atom stereocenters. The predicted octanol–water partition coefficient (Wildman–Crippen LogP) is 3.53. The minimum Gasteiger partial charge on any atom is -0.489 e. The number of rotatable bonds is 5. The van der Waals surface area contributed by atoms with Crippen molar-refractivity contribution >= 4 is 15.9 Å². The second-order valence-electron chi connectivity index (χ2n) is 4.03. The van der Waals surface area contributed by atoms with Gasteiger partial charge in [-0.15, -0.1) is 0 Å². The zero-order chi connectivity index (χ0) is 12.8. The quantitative estimate of drug-likeness (QED) is 0.917. The van der Waals surface area contributed by atoms with Crippen LogP contribution >= 0.6 is 15.9 Å². The van der Waals surface area contributed by atoms with Crippen LogP contribution in [0.25, 0.3) is 0 Å². The fourth-order valence-electron chi connectivity index (χ4n) is 1.78. The van der Waals surface area contributed by atoms with Crippen LogP contribution in [0.4, 0.5) is 0 Å². The Hall–Kier alpha value is -1.32. The van der Waals surface area contributed by atoms with Crippen molar-refractivity contribution in [2.75, 3.05) is 6.54 Å². The molecule has 0 fully saturated rings. The van der Waals surface area contributed by atoms with Crippen LogP contribution in [-0.2, 0) is 13.0 Å². The molecule has 0 aliphatic rings. The van der Waals surface area contributed by atoms with Crippen LogP contribution in [0.5, 0.6) is 5.75 Å². The van der Waals surface area contributed by atoms with Crippen molar-refractivity contribution in [2.45, 2.75) is 13.0 Å². The Morgan fingerprint density at radius 2 is 1.61 bits per heavy atom. The lowest BCUT2D eigenvalue weighted by molar-refractivity contribution is 0.302. The summed E-state index contributed by atoms with van der Waals surface area (Å²) in [5, 5.41) is 0. The molecule has 0 bridgehead atoms. The third-order valence-electron chi connectivity index (χ3n) is 2.73. The molecule has 0 aliphatic heterocycles. The maximum absolute atomic E-state index is 5.87. The van der Waals surface area contributed by atoms with Gasteiger partial charge in [-0.25, -0.2) is 0 Å². The second kappa shape index (κ2) is 6.57. The summed E-state index contributed by atoms with van der Waals surface area (Å²) in [5.74, 6) is 0.915. The van der Waals surface area contributed by atoms with Gasteiger partial charge in [0.25, 0.3) is 0 Å². The average molecular weight is 306 g/mol. The number of hydrogen-bond donors (Lipinski definition) is 1. The van der Waals surface area contributed by atoms with Gasteiger partial charge >= 0.3 is 0 Å². The average Bonchev–Trinajstić information content (AvgIpc) is 2.40. The van der Waals surface area contributed by atoms with E-state index in [1.54, 1.807) is 0 Å². The van der Waals surface area contributed by atoms with Gasteiger partial charge in [0.2, 0.25) is 0 Å². The first kappa shape index (κ1) is 13.1. The standard InChI is InChI=1S/C15H16BrNO/c16-14-7-3-1-6-13(14)11-18-15-8-4-2-5-12(15)9-10-17/h1-8H,9-11,17H2. The third kappa shape index (κ3) is 3.34. The van der Waals surface area contributed by atoms with Gasteiger partial charge in [0.15, 0.2) is 0 Å². The van der Waals surface area contributed by atoms with Crippen molar-refractivity contribution in [3.05, 3.63) is 64.1 Å². The number of para-hydroxylation sites is 1. The SMILES string of the molecule is NCCc1ccccc1OCc1ccccc1Br. The summed E-state index contributed by atoms with van der Waals surface area (Å²) in [5.41, 5.74) is 7.90. The Balaban J connectivity index is 2.08. The highest BCUT2D eigenvalue weighted by molar-refractivity contribution is 9.10. The molecule has 2 aromatic rings. The van der Waals surface area contributed by atoms with Gasteiger partial charge in [0.1, 0.15) is 12.4 Å². The summed E-state index contributed by atoms with van der Waals surface area (Å²) in [4.78, 5) is 0. The maximum atomic E-state index is 5.87. The Morgan fingerprint density at radius 1 is 0.944 bits per heavy atom. The van der Waals surface area contributed by atoms with Crippen LogP contribution in [0, 0.1) is 0 Å². The summed E-state index contributed by atoms with van der Waals surface area (Å²) in [6.45, 7) is 1.19. The first-order chi connectivity index (χ1) is 8.81. The molecule has 0 radical (unpaired) electrons. The first-order valence-corrected chi connectivity index (χ1v) is 6.74. The number of halogens is 1. The van der Waals surface area contributed by atoms with Crippen LogP contribution in [0.15, 0.2) is 53.0 Å². The molecule has 0 heterocycles. The summed E-state index contributed by atoms with van der Waals surface area (Å²) in [7, 11) is 0. The molecule has 0 aromatic heterocycles. The number of ether oxygens (including phenoxy) is 1. The number of benzene rings is 2. The fourth-order valence-corrected chi connectivity index (χ4v) is 2.18. The minimum atomic E-state index is 0.559. The lowest BCUT2D eigenvalue weighted by Crippen LogP contribution is -2.05. The fraction of sp³-hybridized carbons (Fsp3) is 0.200. The Labute approximate surface area is 116 Å². The molecule has 0 aliphatic carbocycles. The van der Waals surface area contributed by atoms with Crippen molar-refractivity contribution in [1.82, 2.24) is 0 Å². The van der Waals surface area contributed by atoms with E-state index in [1.165, 1.54) is 0 Å². The molecule has 2 N–H and O–H groups in total. The van der Waals surface area contributed by atoms with E-state index < -0.39 is 0 Å². The maximum Gasteiger partial charge on any atom is 0.123 e. The van der Waals surface area contributed by atoms with Crippen molar-refractivity contribution in [2.24, 2.45) is 5.73 Å². The van der Waals surface area contributed by atoms with E-state index in [9.17, 15) is 0 Å². The zero-order valence-electron chi connectivity index (χ0n) is 10.1. The monoisotopic (exact) mass is 305 g/mol. The predicted molar refractivity (Wildman–Crippen MR) is 77.7 cm³/mol. The number of hydrogen-bond acceptors (Lipinski definition) is 2.